The molecule has 0 radical (unpaired) electrons. The van der Waals surface area contributed by atoms with Gasteiger partial charge in [0.1, 0.15) is 11.9 Å². The summed E-state index contributed by atoms with van der Waals surface area (Å²) in [7, 11) is 0. The van der Waals surface area contributed by atoms with E-state index in [0.29, 0.717) is 35.0 Å². The summed E-state index contributed by atoms with van der Waals surface area (Å²) in [6.45, 7) is 23.1. The minimum atomic E-state index is -0.876. The van der Waals surface area contributed by atoms with E-state index in [9.17, 15) is 19.2 Å². The van der Waals surface area contributed by atoms with Gasteiger partial charge in [-0.25, -0.2) is 0 Å². The molecule has 0 aromatic heterocycles. The average Bonchev–Trinajstić information content (AvgIpc) is 3.29. The van der Waals surface area contributed by atoms with Gasteiger partial charge < -0.3 is 14.4 Å². The van der Waals surface area contributed by atoms with Crippen LogP contribution in [0, 0.1) is 62.1 Å². The molecule has 0 spiro atoms. The van der Waals surface area contributed by atoms with Gasteiger partial charge in [0, 0.05) is 5.41 Å². The molecule has 5 saturated carbocycles. The van der Waals surface area contributed by atoms with Crippen LogP contribution in [0.2, 0.25) is 0 Å². The van der Waals surface area contributed by atoms with Crippen molar-refractivity contribution in [2.24, 2.45) is 62.1 Å². The molecule has 1 unspecified atom stereocenters. The van der Waals surface area contributed by atoms with E-state index in [4.69, 9.17) is 4.74 Å². The van der Waals surface area contributed by atoms with Crippen LogP contribution in [0.5, 0.6) is 0 Å². The second-order valence-corrected chi connectivity index (χ2v) is 20.4. The summed E-state index contributed by atoms with van der Waals surface area (Å²) in [5.74, 6) is 2.79. The Morgan fingerprint density at radius 3 is 2.22 bits per heavy atom. The summed E-state index contributed by atoms with van der Waals surface area (Å²) in [5, 5.41) is 9.30. The highest BCUT2D eigenvalue weighted by Crippen LogP contribution is 2.78. The van der Waals surface area contributed by atoms with Crippen molar-refractivity contribution in [3.8, 4) is 0 Å². The third-order valence-corrected chi connectivity index (χ3v) is 16.4. The highest BCUT2D eigenvalue weighted by atomic mass is 32.2. The second kappa shape index (κ2) is 11.8. The first-order valence-corrected chi connectivity index (χ1v) is 19.8. The molecule has 0 saturated heterocycles. The molecule has 0 heterocycles. The Morgan fingerprint density at radius 1 is 0.911 bits per heavy atom. The van der Waals surface area contributed by atoms with E-state index in [1.807, 2.05) is 20.1 Å². The molecule has 0 bridgehead atoms. The van der Waals surface area contributed by atoms with Gasteiger partial charge in [0.25, 0.3) is 0 Å². The molecule has 0 aromatic carbocycles. The van der Waals surface area contributed by atoms with Crippen molar-refractivity contribution >= 4 is 23.1 Å². The van der Waals surface area contributed by atoms with Crippen LogP contribution >= 0.6 is 0 Å². The van der Waals surface area contributed by atoms with Crippen molar-refractivity contribution in [3.05, 3.63) is 12.2 Å². The zero-order valence-electron chi connectivity index (χ0n) is 30.1. The van der Waals surface area contributed by atoms with Crippen molar-refractivity contribution in [1.82, 2.24) is 0 Å². The predicted octanol–water partition coefficient (Wildman–Crippen LogP) is 9.22. The first-order chi connectivity index (χ1) is 20.7. The van der Waals surface area contributed by atoms with Crippen LogP contribution in [0.4, 0.5) is 0 Å². The molecule has 1 N–H and O–H groups in total. The normalized spacial score (nSPS) is 44.5. The molecule has 6 heteroatoms. The van der Waals surface area contributed by atoms with Crippen LogP contribution in [-0.4, -0.2) is 39.7 Å². The molecular formula is C39H64O5S. The Balaban J connectivity index is 1.39. The molecule has 5 nitrogen and oxygen atoms in total. The largest absolute Gasteiger partial charge is 0.617 e. The highest BCUT2D eigenvalue weighted by Gasteiger charge is 2.71. The maximum Gasteiger partial charge on any atom is 0.306 e. The summed E-state index contributed by atoms with van der Waals surface area (Å²) in [6.07, 6.45) is 15.0. The number of carbonyl (C=O) groups excluding carboxylic acids is 1. The minimum Gasteiger partial charge on any atom is -0.617 e. The fourth-order valence-electron chi connectivity index (χ4n) is 13.3. The van der Waals surface area contributed by atoms with Gasteiger partial charge >= 0.3 is 11.9 Å². The molecule has 0 aliphatic heterocycles. The van der Waals surface area contributed by atoms with Gasteiger partial charge in [-0.05, 0) is 134 Å². The molecule has 0 amide bonds. The van der Waals surface area contributed by atoms with Crippen molar-refractivity contribution in [1.29, 1.82) is 0 Å². The van der Waals surface area contributed by atoms with Crippen LogP contribution in [-0.2, 0) is 25.5 Å². The molecular weight excluding hydrogens is 580 g/mol. The van der Waals surface area contributed by atoms with E-state index >= 15 is 0 Å². The molecule has 5 aliphatic carbocycles. The van der Waals surface area contributed by atoms with Gasteiger partial charge in [-0.15, -0.1) is 0 Å². The Hall–Kier alpha value is -1.01. The van der Waals surface area contributed by atoms with Gasteiger partial charge in [0.15, 0.2) is 0 Å². The summed E-state index contributed by atoms with van der Waals surface area (Å²) < 4.78 is 18.6. The molecule has 5 aliphatic rings. The van der Waals surface area contributed by atoms with Crippen molar-refractivity contribution in [2.45, 2.75) is 145 Å². The van der Waals surface area contributed by atoms with Crippen molar-refractivity contribution in [3.63, 3.8) is 0 Å². The first kappa shape index (κ1) is 35.3. The lowest BCUT2D eigenvalue weighted by atomic mass is 9.32. The van der Waals surface area contributed by atoms with Gasteiger partial charge in [-0.3, -0.25) is 9.59 Å². The van der Waals surface area contributed by atoms with Crippen LogP contribution in [0.25, 0.3) is 0 Å². The predicted molar refractivity (Wildman–Crippen MR) is 183 cm³/mol. The lowest BCUT2D eigenvalue weighted by molar-refractivity contribution is -0.250. The fourth-order valence-corrected chi connectivity index (χ4v) is 14.0. The molecule has 11 atom stereocenters. The SMILES string of the molecule is C=C(C)[C@@H]1CC[C@]2(CC[S+](C)[O-])CC[C@]3(C)[C@H](CC[C@@H]4[C@@]5(C)CC[C@H](OC(=O)CC(C)(C)CC(=O)O)C(C)(C)[C@@H]5CC[C@]43C)[C@@H]12. The number of carboxylic acids is 1. The summed E-state index contributed by atoms with van der Waals surface area (Å²) in [6, 6.07) is 0. The van der Waals surface area contributed by atoms with Crippen molar-refractivity contribution in [2.75, 3.05) is 12.0 Å². The summed E-state index contributed by atoms with van der Waals surface area (Å²) in [4.78, 5) is 24.5. The van der Waals surface area contributed by atoms with E-state index in [0.717, 1.165) is 25.0 Å². The lowest BCUT2D eigenvalue weighted by Crippen LogP contribution is -2.66. The van der Waals surface area contributed by atoms with E-state index in [2.05, 4.69) is 48.1 Å². The molecule has 5 fully saturated rings. The number of carboxylic acid groups (broad SMARTS) is 1. The number of carbonyl (C=O) groups is 2. The van der Waals surface area contributed by atoms with Crippen molar-refractivity contribution < 1.29 is 24.0 Å². The smallest absolute Gasteiger partial charge is 0.306 e. The minimum absolute atomic E-state index is 0.0376. The number of rotatable bonds is 9. The first-order valence-electron chi connectivity index (χ1n) is 18.1. The maximum absolute atomic E-state index is 13.2. The van der Waals surface area contributed by atoms with Crippen LogP contribution < -0.4 is 0 Å². The van der Waals surface area contributed by atoms with E-state index in [1.54, 1.807) is 0 Å². The quantitative estimate of drug-likeness (QED) is 0.154. The van der Waals surface area contributed by atoms with Crippen LogP contribution in [0.1, 0.15) is 139 Å². The van der Waals surface area contributed by atoms with Gasteiger partial charge in [-0.2, -0.15) is 0 Å². The van der Waals surface area contributed by atoms with Crippen LogP contribution in [0.3, 0.4) is 0 Å². The third-order valence-electron chi connectivity index (χ3n) is 15.6. The monoisotopic (exact) mass is 644 g/mol. The molecule has 45 heavy (non-hydrogen) atoms. The maximum atomic E-state index is 13.2. The molecule has 0 aromatic rings. The van der Waals surface area contributed by atoms with E-state index in [1.165, 1.54) is 56.9 Å². The average molecular weight is 645 g/mol. The Labute approximate surface area is 277 Å². The van der Waals surface area contributed by atoms with E-state index < -0.39 is 22.6 Å². The second-order valence-electron chi connectivity index (χ2n) is 18.8. The number of aliphatic carboxylic acids is 1. The molecule has 256 valence electrons. The van der Waals surface area contributed by atoms with Gasteiger partial charge in [0.05, 0.1) is 19.1 Å². The molecule has 5 rings (SSSR count). The number of allylic oxidation sites excluding steroid dienone is 1. The fraction of sp³-hybridized carbons (Fsp3) is 0.897. The van der Waals surface area contributed by atoms with E-state index in [-0.39, 0.29) is 46.6 Å². The number of fused-ring (bicyclic) bond motifs is 7. The summed E-state index contributed by atoms with van der Waals surface area (Å²) >= 11 is -0.749. The third kappa shape index (κ3) is 5.76. The summed E-state index contributed by atoms with van der Waals surface area (Å²) in [5.41, 5.74) is 1.69. The standard InChI is InChI=1S/C39H64O5S/c1-25(2)26-13-18-39(21-22-45(10)43)20-19-37(8)27(33(26)39)11-12-29-36(7)16-15-30(35(5,6)28(36)14-17-38(29,37)9)44-32(42)24-34(3,4)23-31(40)41/h26-30,33H,1,11-24H2,2-10H3,(H,40,41)/t26-,27+,28-,29+,30-,33+,36-,37+,38+,39+,45?/m0/s1. The van der Waals surface area contributed by atoms with Gasteiger partial charge in [0.2, 0.25) is 0 Å². The highest BCUT2D eigenvalue weighted by molar-refractivity contribution is 7.90. The number of hydrogen-bond donors (Lipinski definition) is 1. The topological polar surface area (TPSA) is 86.7 Å². The zero-order valence-corrected chi connectivity index (χ0v) is 30.9. The Kier molecular flexibility index (Phi) is 9.29. The number of hydrogen-bond acceptors (Lipinski definition) is 4. The number of ether oxygens (including phenoxy) is 1. The number of esters is 1. The van der Waals surface area contributed by atoms with Gasteiger partial charge in [-0.1, -0.05) is 71.8 Å². The Morgan fingerprint density at radius 2 is 1.60 bits per heavy atom. The Bertz CT molecular complexity index is 1180. The lowest BCUT2D eigenvalue weighted by Gasteiger charge is -2.73. The van der Waals surface area contributed by atoms with Crippen LogP contribution in [0.15, 0.2) is 12.2 Å². The zero-order chi connectivity index (χ0) is 33.4.